The number of likely N-dealkylation sites (tertiary alicyclic amines) is 1. The van der Waals surface area contributed by atoms with Crippen LogP contribution in [0.3, 0.4) is 0 Å². The van der Waals surface area contributed by atoms with Gasteiger partial charge in [0.1, 0.15) is 5.82 Å². The van der Waals surface area contributed by atoms with Crippen LogP contribution in [0.15, 0.2) is 18.2 Å². The normalized spacial score (nSPS) is 19.3. The fourth-order valence-corrected chi connectivity index (χ4v) is 2.51. The van der Waals surface area contributed by atoms with E-state index in [0.717, 1.165) is 0 Å². The highest BCUT2D eigenvalue weighted by Crippen LogP contribution is 2.20. The number of halogens is 2. The standard InChI is InChI=1S/C13H13FINO3/c14-10-6-8(3-4-11(10)15)12(17)16-5-1-2-9(7-16)13(18)19/h3-4,6,9H,1-2,5,7H2,(H,18,19). The maximum absolute atomic E-state index is 13.4. The molecule has 1 heterocycles. The molecule has 1 unspecified atom stereocenters. The second kappa shape index (κ2) is 5.85. The van der Waals surface area contributed by atoms with Crippen LogP contribution in [0.25, 0.3) is 0 Å². The summed E-state index contributed by atoms with van der Waals surface area (Å²) in [6.07, 6.45) is 1.25. The first-order valence-corrected chi connectivity index (χ1v) is 7.04. The maximum atomic E-state index is 13.4. The van der Waals surface area contributed by atoms with Gasteiger partial charge < -0.3 is 10.0 Å². The smallest absolute Gasteiger partial charge is 0.308 e. The van der Waals surface area contributed by atoms with Gasteiger partial charge in [-0.25, -0.2) is 4.39 Å². The van der Waals surface area contributed by atoms with Crippen molar-refractivity contribution in [3.05, 3.63) is 33.1 Å². The van der Waals surface area contributed by atoms with E-state index < -0.39 is 17.7 Å². The first-order chi connectivity index (χ1) is 8.99. The number of carbonyl (C=O) groups is 2. The van der Waals surface area contributed by atoms with Crippen LogP contribution in [0.4, 0.5) is 4.39 Å². The van der Waals surface area contributed by atoms with Gasteiger partial charge in [-0.05, 0) is 53.6 Å². The van der Waals surface area contributed by atoms with Crippen molar-refractivity contribution in [2.24, 2.45) is 5.92 Å². The highest BCUT2D eigenvalue weighted by atomic mass is 127. The molecule has 1 saturated heterocycles. The summed E-state index contributed by atoms with van der Waals surface area (Å²) in [5.41, 5.74) is 0.268. The zero-order chi connectivity index (χ0) is 14.0. The molecule has 1 amide bonds. The van der Waals surface area contributed by atoms with E-state index in [0.29, 0.717) is 23.0 Å². The number of carboxylic acid groups (broad SMARTS) is 1. The Kier molecular flexibility index (Phi) is 4.38. The molecule has 0 radical (unpaired) electrons. The summed E-state index contributed by atoms with van der Waals surface area (Å²) in [7, 11) is 0. The molecule has 1 aromatic rings. The van der Waals surface area contributed by atoms with Crippen molar-refractivity contribution in [2.45, 2.75) is 12.8 Å². The third kappa shape index (κ3) is 3.23. The van der Waals surface area contributed by atoms with Crippen molar-refractivity contribution in [2.75, 3.05) is 13.1 Å². The molecule has 0 aromatic heterocycles. The number of hydrogen-bond acceptors (Lipinski definition) is 2. The predicted molar refractivity (Wildman–Crippen MR) is 75.4 cm³/mol. The second-order valence-corrected chi connectivity index (χ2v) is 5.72. The Labute approximate surface area is 123 Å². The molecule has 2 rings (SSSR count). The van der Waals surface area contributed by atoms with Crippen molar-refractivity contribution in [1.82, 2.24) is 4.90 Å². The minimum Gasteiger partial charge on any atom is -0.481 e. The molecule has 1 atom stereocenters. The van der Waals surface area contributed by atoms with E-state index in [9.17, 15) is 14.0 Å². The van der Waals surface area contributed by atoms with Crippen LogP contribution in [0.1, 0.15) is 23.2 Å². The molecule has 0 saturated carbocycles. The quantitative estimate of drug-likeness (QED) is 0.806. The second-order valence-electron chi connectivity index (χ2n) is 4.56. The topological polar surface area (TPSA) is 57.6 Å². The number of amides is 1. The number of benzene rings is 1. The minimum absolute atomic E-state index is 0.196. The Balaban J connectivity index is 2.14. The van der Waals surface area contributed by atoms with Gasteiger partial charge in [0.25, 0.3) is 5.91 Å². The van der Waals surface area contributed by atoms with Crippen LogP contribution in [0.5, 0.6) is 0 Å². The minimum atomic E-state index is -0.883. The van der Waals surface area contributed by atoms with Gasteiger partial charge in [-0.15, -0.1) is 0 Å². The van der Waals surface area contributed by atoms with E-state index in [1.54, 1.807) is 12.1 Å². The predicted octanol–water partition coefficient (Wildman–Crippen LogP) is 2.37. The molecule has 0 spiro atoms. The molecule has 4 nitrogen and oxygen atoms in total. The molecule has 1 aliphatic heterocycles. The SMILES string of the molecule is O=C(O)C1CCCN(C(=O)c2ccc(I)c(F)c2)C1. The van der Waals surface area contributed by atoms with Crippen LogP contribution < -0.4 is 0 Å². The summed E-state index contributed by atoms with van der Waals surface area (Å²) >= 11 is 1.85. The van der Waals surface area contributed by atoms with Gasteiger partial charge >= 0.3 is 5.97 Å². The molecule has 0 aliphatic carbocycles. The van der Waals surface area contributed by atoms with E-state index in [1.165, 1.54) is 11.0 Å². The Hall–Kier alpha value is -1.18. The van der Waals surface area contributed by atoms with E-state index in [-0.39, 0.29) is 18.0 Å². The van der Waals surface area contributed by atoms with Gasteiger partial charge in [0.05, 0.1) is 5.92 Å². The van der Waals surface area contributed by atoms with Crippen molar-refractivity contribution in [3.63, 3.8) is 0 Å². The molecule has 1 fully saturated rings. The van der Waals surface area contributed by atoms with Crippen LogP contribution in [0, 0.1) is 15.3 Å². The molecule has 19 heavy (non-hydrogen) atoms. The molecule has 1 aromatic carbocycles. The Bertz CT molecular complexity index is 521. The summed E-state index contributed by atoms with van der Waals surface area (Å²) in [5, 5.41) is 8.99. The van der Waals surface area contributed by atoms with Crippen LogP contribution >= 0.6 is 22.6 Å². The summed E-state index contributed by atoms with van der Waals surface area (Å²) in [5.74, 6) is -2.14. The Morgan fingerprint density at radius 2 is 2.16 bits per heavy atom. The van der Waals surface area contributed by atoms with Crippen molar-refractivity contribution >= 4 is 34.5 Å². The number of carboxylic acids is 1. The summed E-state index contributed by atoms with van der Waals surface area (Å²) in [6.45, 7) is 0.720. The fraction of sp³-hybridized carbons (Fsp3) is 0.385. The van der Waals surface area contributed by atoms with Gasteiger partial charge in [-0.3, -0.25) is 9.59 Å². The molecule has 102 valence electrons. The number of nitrogens with zero attached hydrogens (tertiary/aromatic N) is 1. The zero-order valence-electron chi connectivity index (χ0n) is 10.1. The third-order valence-corrected chi connectivity index (χ3v) is 4.10. The van der Waals surface area contributed by atoms with Crippen molar-refractivity contribution < 1.29 is 19.1 Å². The first kappa shape index (κ1) is 14.2. The summed E-state index contributed by atoms with van der Waals surface area (Å²) in [6, 6.07) is 4.31. The number of aliphatic carboxylic acids is 1. The monoisotopic (exact) mass is 377 g/mol. The van der Waals surface area contributed by atoms with Crippen LogP contribution in [-0.2, 0) is 4.79 Å². The highest BCUT2D eigenvalue weighted by Gasteiger charge is 2.28. The van der Waals surface area contributed by atoms with Gasteiger partial charge in [0.2, 0.25) is 0 Å². The number of carbonyl (C=O) groups excluding carboxylic acids is 1. The average molecular weight is 377 g/mol. The van der Waals surface area contributed by atoms with Gasteiger partial charge in [-0.1, -0.05) is 0 Å². The highest BCUT2D eigenvalue weighted by molar-refractivity contribution is 14.1. The number of rotatable bonds is 2. The molecule has 0 bridgehead atoms. The molecular weight excluding hydrogens is 364 g/mol. The summed E-state index contributed by atoms with van der Waals surface area (Å²) in [4.78, 5) is 24.6. The summed E-state index contributed by atoms with van der Waals surface area (Å²) < 4.78 is 13.9. The van der Waals surface area contributed by atoms with Crippen molar-refractivity contribution in [1.29, 1.82) is 0 Å². The molecular formula is C13H13FINO3. The van der Waals surface area contributed by atoms with E-state index in [1.807, 2.05) is 22.6 Å². The lowest BCUT2D eigenvalue weighted by Crippen LogP contribution is -2.42. The third-order valence-electron chi connectivity index (χ3n) is 3.22. The number of piperidine rings is 1. The largest absolute Gasteiger partial charge is 0.481 e. The maximum Gasteiger partial charge on any atom is 0.308 e. The Morgan fingerprint density at radius 3 is 2.79 bits per heavy atom. The molecule has 1 N–H and O–H groups in total. The van der Waals surface area contributed by atoms with Gasteiger partial charge in [-0.2, -0.15) is 0 Å². The van der Waals surface area contributed by atoms with E-state index in [4.69, 9.17) is 5.11 Å². The lowest BCUT2D eigenvalue weighted by atomic mass is 9.97. The molecule has 6 heteroatoms. The Morgan fingerprint density at radius 1 is 1.42 bits per heavy atom. The van der Waals surface area contributed by atoms with E-state index >= 15 is 0 Å². The van der Waals surface area contributed by atoms with Crippen LogP contribution in [-0.4, -0.2) is 35.0 Å². The fourth-order valence-electron chi connectivity index (χ4n) is 2.17. The van der Waals surface area contributed by atoms with Crippen LogP contribution in [0.2, 0.25) is 0 Å². The number of hydrogen-bond donors (Lipinski definition) is 1. The van der Waals surface area contributed by atoms with Crippen molar-refractivity contribution in [3.8, 4) is 0 Å². The lowest BCUT2D eigenvalue weighted by Gasteiger charge is -2.30. The van der Waals surface area contributed by atoms with E-state index in [2.05, 4.69) is 0 Å². The zero-order valence-corrected chi connectivity index (χ0v) is 12.3. The molecule has 1 aliphatic rings. The van der Waals surface area contributed by atoms with Gasteiger partial charge in [0, 0.05) is 22.2 Å². The lowest BCUT2D eigenvalue weighted by molar-refractivity contribution is -0.143. The first-order valence-electron chi connectivity index (χ1n) is 5.96. The average Bonchev–Trinajstić information content (AvgIpc) is 2.41. The van der Waals surface area contributed by atoms with Gasteiger partial charge in [0.15, 0.2) is 0 Å².